The molecule has 0 atom stereocenters. The van der Waals surface area contributed by atoms with E-state index in [2.05, 4.69) is 65.8 Å². The second-order valence-corrected chi connectivity index (χ2v) is 8.03. The van der Waals surface area contributed by atoms with Gasteiger partial charge >= 0.3 is 0 Å². The Morgan fingerprint density at radius 1 is 0.654 bits per heavy atom. The molecule has 0 radical (unpaired) electrons. The van der Waals surface area contributed by atoms with E-state index in [0.717, 1.165) is 37.1 Å². The van der Waals surface area contributed by atoms with E-state index in [-0.39, 0.29) is 0 Å². The van der Waals surface area contributed by atoms with Gasteiger partial charge in [0.25, 0.3) is 0 Å². The number of anilines is 2. The summed E-state index contributed by atoms with van der Waals surface area (Å²) in [6.07, 6.45) is 4.05. The van der Waals surface area contributed by atoms with Crippen molar-refractivity contribution in [2.24, 2.45) is 0 Å². The molecule has 0 aliphatic heterocycles. The van der Waals surface area contributed by atoms with E-state index in [4.69, 9.17) is 11.5 Å². The first-order valence-corrected chi connectivity index (χ1v) is 10.1. The van der Waals surface area contributed by atoms with E-state index in [1.807, 2.05) is 0 Å². The molecule has 2 aromatic carbocycles. The molecule has 0 aromatic heterocycles. The third-order valence-electron chi connectivity index (χ3n) is 5.42. The lowest BCUT2D eigenvalue weighted by molar-refractivity contribution is 0.848. The molecule has 0 amide bonds. The molecule has 0 spiro atoms. The van der Waals surface area contributed by atoms with E-state index < -0.39 is 0 Å². The third-order valence-corrected chi connectivity index (χ3v) is 5.42. The van der Waals surface area contributed by atoms with E-state index >= 15 is 0 Å². The number of rotatable bonds is 7. The van der Waals surface area contributed by atoms with Crippen molar-refractivity contribution in [3.8, 4) is 0 Å². The van der Waals surface area contributed by atoms with Crippen molar-refractivity contribution in [2.75, 3.05) is 11.5 Å². The Balaban J connectivity index is 2.31. The molecule has 0 unspecified atom stereocenters. The molecule has 0 bridgehead atoms. The summed E-state index contributed by atoms with van der Waals surface area (Å²) < 4.78 is 0. The first-order valence-electron chi connectivity index (χ1n) is 10.1. The fraction of sp³-hybridized carbons (Fsp3) is 0.500. The molecule has 2 heteroatoms. The van der Waals surface area contributed by atoms with Crippen molar-refractivity contribution in [2.45, 2.75) is 79.1 Å². The SMILES string of the molecule is CCc1cc(CCc2cc(CC)c(N)c(C(C)C)c2)cc(C(C)C)c1N. The number of benzene rings is 2. The van der Waals surface area contributed by atoms with Gasteiger partial charge in [-0.3, -0.25) is 0 Å². The highest BCUT2D eigenvalue weighted by Crippen LogP contribution is 2.30. The van der Waals surface area contributed by atoms with Gasteiger partial charge in [-0.05, 0) is 70.9 Å². The first-order chi connectivity index (χ1) is 12.3. The van der Waals surface area contributed by atoms with Crippen LogP contribution in [0, 0.1) is 0 Å². The van der Waals surface area contributed by atoms with Crippen LogP contribution in [0.25, 0.3) is 0 Å². The van der Waals surface area contributed by atoms with Crippen LogP contribution in [-0.4, -0.2) is 0 Å². The zero-order valence-electron chi connectivity index (χ0n) is 17.4. The molecular weight excluding hydrogens is 316 g/mol. The highest BCUT2D eigenvalue weighted by molar-refractivity contribution is 5.58. The summed E-state index contributed by atoms with van der Waals surface area (Å²) in [5.74, 6) is 0.909. The minimum atomic E-state index is 0.455. The van der Waals surface area contributed by atoms with Crippen LogP contribution < -0.4 is 11.5 Å². The molecule has 26 heavy (non-hydrogen) atoms. The minimum absolute atomic E-state index is 0.455. The average Bonchev–Trinajstić information content (AvgIpc) is 2.60. The molecule has 2 rings (SSSR count). The normalized spacial score (nSPS) is 11.5. The molecular formula is C24H36N2. The van der Waals surface area contributed by atoms with Crippen LogP contribution in [-0.2, 0) is 25.7 Å². The van der Waals surface area contributed by atoms with Gasteiger partial charge in [0.15, 0.2) is 0 Å². The van der Waals surface area contributed by atoms with E-state index in [1.54, 1.807) is 0 Å². The first kappa shape index (κ1) is 20.4. The van der Waals surface area contributed by atoms with Gasteiger partial charge in [0.2, 0.25) is 0 Å². The molecule has 0 heterocycles. The molecule has 2 nitrogen and oxygen atoms in total. The number of hydrogen-bond acceptors (Lipinski definition) is 2. The van der Waals surface area contributed by atoms with Gasteiger partial charge in [-0.25, -0.2) is 0 Å². The zero-order chi connectivity index (χ0) is 19.4. The Labute approximate surface area is 160 Å². The second kappa shape index (κ2) is 8.62. The summed E-state index contributed by atoms with van der Waals surface area (Å²) in [6.45, 7) is 13.2. The van der Waals surface area contributed by atoms with Crippen LogP contribution in [0.5, 0.6) is 0 Å². The van der Waals surface area contributed by atoms with Crippen molar-refractivity contribution < 1.29 is 0 Å². The third kappa shape index (κ3) is 4.41. The highest BCUT2D eigenvalue weighted by atomic mass is 14.6. The smallest absolute Gasteiger partial charge is 0.0381 e. The van der Waals surface area contributed by atoms with E-state index in [9.17, 15) is 0 Å². The molecule has 4 N–H and O–H groups in total. The monoisotopic (exact) mass is 352 g/mol. The molecule has 0 aliphatic carbocycles. The number of aryl methyl sites for hydroxylation is 4. The summed E-state index contributed by atoms with van der Waals surface area (Å²) >= 11 is 0. The molecule has 0 aliphatic rings. The maximum Gasteiger partial charge on any atom is 0.0381 e. The molecule has 0 saturated heterocycles. The van der Waals surface area contributed by atoms with Crippen molar-refractivity contribution in [1.82, 2.24) is 0 Å². The molecule has 142 valence electrons. The average molecular weight is 353 g/mol. The lowest BCUT2D eigenvalue weighted by Crippen LogP contribution is -2.05. The minimum Gasteiger partial charge on any atom is -0.398 e. The summed E-state index contributed by atoms with van der Waals surface area (Å²) in [6, 6.07) is 9.20. The fourth-order valence-corrected chi connectivity index (χ4v) is 3.73. The highest BCUT2D eigenvalue weighted by Gasteiger charge is 2.13. The van der Waals surface area contributed by atoms with Gasteiger partial charge < -0.3 is 11.5 Å². The quantitative estimate of drug-likeness (QED) is 0.600. The van der Waals surface area contributed by atoms with Gasteiger partial charge in [-0.15, -0.1) is 0 Å². The van der Waals surface area contributed by atoms with Crippen molar-refractivity contribution in [3.63, 3.8) is 0 Å². The Hall–Kier alpha value is -1.96. The number of nitrogen functional groups attached to an aromatic ring is 2. The van der Waals surface area contributed by atoms with Crippen LogP contribution >= 0.6 is 0 Å². The molecule has 2 aromatic rings. The lowest BCUT2D eigenvalue weighted by atomic mass is 9.90. The Morgan fingerprint density at radius 2 is 1.00 bits per heavy atom. The van der Waals surface area contributed by atoms with Crippen molar-refractivity contribution in [3.05, 3.63) is 57.6 Å². The molecule has 0 fully saturated rings. The lowest BCUT2D eigenvalue weighted by Gasteiger charge is -2.18. The second-order valence-electron chi connectivity index (χ2n) is 8.03. The largest absolute Gasteiger partial charge is 0.398 e. The maximum absolute atomic E-state index is 6.36. The predicted molar refractivity (Wildman–Crippen MR) is 116 cm³/mol. The Bertz CT molecular complexity index is 692. The predicted octanol–water partition coefficient (Wildman–Crippen LogP) is 6.01. The van der Waals surface area contributed by atoms with Crippen LogP contribution in [0.1, 0.15) is 86.8 Å². The standard InChI is InChI=1S/C24H36N2/c1-7-19-11-17(13-21(15(3)4)23(19)25)9-10-18-12-20(8-2)24(26)22(14-18)16(5)6/h11-16H,7-10,25-26H2,1-6H3. The molecule has 0 saturated carbocycles. The number of nitrogens with two attached hydrogens (primary N) is 2. The Morgan fingerprint density at radius 3 is 1.27 bits per heavy atom. The number of hydrogen-bond donors (Lipinski definition) is 2. The van der Waals surface area contributed by atoms with Gasteiger partial charge in [0, 0.05) is 11.4 Å². The van der Waals surface area contributed by atoms with E-state index in [0.29, 0.717) is 11.8 Å². The Kier molecular flexibility index (Phi) is 6.75. The van der Waals surface area contributed by atoms with Crippen LogP contribution in [0.3, 0.4) is 0 Å². The van der Waals surface area contributed by atoms with E-state index in [1.165, 1.54) is 33.4 Å². The van der Waals surface area contributed by atoms with Gasteiger partial charge in [0.1, 0.15) is 0 Å². The summed E-state index contributed by atoms with van der Waals surface area (Å²) in [5.41, 5.74) is 22.6. The zero-order valence-corrected chi connectivity index (χ0v) is 17.4. The maximum atomic E-state index is 6.36. The summed E-state index contributed by atoms with van der Waals surface area (Å²) in [7, 11) is 0. The van der Waals surface area contributed by atoms with Crippen LogP contribution in [0.4, 0.5) is 11.4 Å². The van der Waals surface area contributed by atoms with Crippen LogP contribution in [0.15, 0.2) is 24.3 Å². The fourth-order valence-electron chi connectivity index (χ4n) is 3.73. The summed E-state index contributed by atoms with van der Waals surface area (Å²) in [5, 5.41) is 0. The van der Waals surface area contributed by atoms with Gasteiger partial charge in [0.05, 0.1) is 0 Å². The topological polar surface area (TPSA) is 52.0 Å². The van der Waals surface area contributed by atoms with Crippen molar-refractivity contribution >= 4 is 11.4 Å². The summed E-state index contributed by atoms with van der Waals surface area (Å²) in [4.78, 5) is 0. The van der Waals surface area contributed by atoms with Gasteiger partial charge in [-0.1, -0.05) is 65.8 Å². The van der Waals surface area contributed by atoms with Crippen molar-refractivity contribution in [1.29, 1.82) is 0 Å². The van der Waals surface area contributed by atoms with Crippen LogP contribution in [0.2, 0.25) is 0 Å². The van der Waals surface area contributed by atoms with Gasteiger partial charge in [-0.2, -0.15) is 0 Å².